The summed E-state index contributed by atoms with van der Waals surface area (Å²) in [6.45, 7) is 50.7. The van der Waals surface area contributed by atoms with Gasteiger partial charge in [-0.3, -0.25) is 0 Å². The molecule has 0 N–H and O–H groups in total. The summed E-state index contributed by atoms with van der Waals surface area (Å²) in [5.74, 6) is 0. The predicted octanol–water partition coefficient (Wildman–Crippen LogP) is 12.3. The van der Waals surface area contributed by atoms with Gasteiger partial charge in [0.05, 0.1) is 66.1 Å². The molecule has 5 rings (SSSR count). The third-order valence-electron chi connectivity index (χ3n) is 10.7. The van der Waals surface area contributed by atoms with Crippen LogP contribution in [0.3, 0.4) is 0 Å². The fraction of sp³-hybridized carbons (Fsp3) is 0.778. The minimum absolute atomic E-state index is 0. The summed E-state index contributed by atoms with van der Waals surface area (Å²) in [7, 11) is 0. The number of rotatable bonds is 0. The van der Waals surface area contributed by atoms with Crippen LogP contribution >= 0.6 is 0 Å². The third kappa shape index (κ3) is 26.2. The van der Waals surface area contributed by atoms with Gasteiger partial charge in [-0.05, 0) is 69.3 Å². The van der Waals surface area contributed by atoms with Crippen LogP contribution in [-0.2, 0) is 90.9 Å². The molecule has 0 bridgehead atoms. The second-order valence-corrected chi connectivity index (χ2v) is 23.8. The maximum absolute atomic E-state index is 5.77. The fourth-order valence-corrected chi connectivity index (χ4v) is 7.93. The standard InChI is InChI=1S/2C18H30S.C10H20O5.2C4H8O.Mg/c2*1-16(2,3)12-10-13(17(4,5)6)15(19)14(11-12)18(7,8)9;1-2-12-5-6-14-9-10-15-8-7-13-4-3-11-1;2*1-2-4-5-3-1;/h2*10-11,19H,1-9H3;1-10H2;2*1-4H2;/q;;;;;+2/p-2. The van der Waals surface area contributed by atoms with Crippen molar-refractivity contribution in [3.05, 3.63) is 57.6 Å². The van der Waals surface area contributed by atoms with Crippen molar-refractivity contribution in [1.29, 1.82) is 0 Å². The Bertz CT molecular complexity index is 1300. The summed E-state index contributed by atoms with van der Waals surface area (Å²) in [5.41, 5.74) is 8.69. The Balaban J connectivity index is 0.000000832. The second-order valence-electron chi connectivity index (χ2n) is 23.0. The summed E-state index contributed by atoms with van der Waals surface area (Å²) >= 11 is 11.5. The fourth-order valence-electron chi connectivity index (χ4n) is 6.47. The molecule has 3 fully saturated rings. The molecule has 7 nitrogen and oxygen atoms in total. The first kappa shape index (κ1) is 63.4. The summed E-state index contributed by atoms with van der Waals surface area (Å²) < 4.78 is 36.3. The molecule has 0 spiro atoms. The van der Waals surface area contributed by atoms with E-state index in [0.29, 0.717) is 66.1 Å². The molecule has 2 aromatic rings. The maximum Gasteiger partial charge on any atom is 2.00 e. The van der Waals surface area contributed by atoms with E-state index in [1.807, 2.05) is 0 Å². The first-order chi connectivity index (χ1) is 29.0. The Labute approximate surface area is 421 Å². The second kappa shape index (κ2) is 30.1. The Kier molecular flexibility index (Phi) is 29.8. The van der Waals surface area contributed by atoms with Crippen molar-refractivity contribution < 1.29 is 33.2 Å². The van der Waals surface area contributed by atoms with Gasteiger partial charge in [0.1, 0.15) is 0 Å². The first-order valence-corrected chi connectivity index (χ1v) is 24.6. The van der Waals surface area contributed by atoms with E-state index in [4.69, 9.17) is 58.4 Å². The van der Waals surface area contributed by atoms with Gasteiger partial charge in [-0.25, -0.2) is 0 Å². The van der Waals surface area contributed by atoms with Crippen LogP contribution in [0, 0.1) is 0 Å². The zero-order chi connectivity index (χ0) is 48.1. The van der Waals surface area contributed by atoms with Gasteiger partial charge in [0, 0.05) is 26.4 Å². The van der Waals surface area contributed by atoms with E-state index in [-0.39, 0.29) is 55.5 Å². The number of hydrogen-bond acceptors (Lipinski definition) is 9. The zero-order valence-corrected chi connectivity index (χ0v) is 47.5. The normalized spacial score (nSPS) is 17.5. The van der Waals surface area contributed by atoms with Crippen LogP contribution < -0.4 is 0 Å². The van der Waals surface area contributed by atoms with Gasteiger partial charge in [0.15, 0.2) is 0 Å². The van der Waals surface area contributed by atoms with Gasteiger partial charge in [0.25, 0.3) is 0 Å². The average Bonchev–Trinajstić information content (AvgIpc) is 3.92. The van der Waals surface area contributed by atoms with Gasteiger partial charge in [-0.15, -0.1) is 0 Å². The molecule has 0 aromatic heterocycles. The first-order valence-electron chi connectivity index (χ1n) is 23.8. The topological polar surface area (TPSA) is 64.6 Å². The van der Waals surface area contributed by atoms with E-state index in [1.54, 1.807) is 0 Å². The van der Waals surface area contributed by atoms with Crippen molar-refractivity contribution in [3.8, 4) is 0 Å². The van der Waals surface area contributed by atoms with E-state index < -0.39 is 0 Å². The maximum atomic E-state index is 5.77. The van der Waals surface area contributed by atoms with Crippen LogP contribution in [-0.4, -0.2) is 116 Å². The molecule has 0 amide bonds. The molecule has 0 unspecified atom stereocenters. The third-order valence-corrected chi connectivity index (χ3v) is 11.5. The Morgan fingerprint density at radius 3 is 0.547 bits per heavy atom. The van der Waals surface area contributed by atoms with E-state index in [2.05, 4.69) is 149 Å². The number of benzene rings is 2. The van der Waals surface area contributed by atoms with Crippen molar-refractivity contribution in [2.75, 3.05) is 92.5 Å². The van der Waals surface area contributed by atoms with Crippen LogP contribution in [0.5, 0.6) is 0 Å². The molecule has 0 atom stereocenters. The molecule has 3 saturated heterocycles. The molecule has 3 heterocycles. The molecule has 10 heteroatoms. The van der Waals surface area contributed by atoms with Gasteiger partial charge in [-0.1, -0.05) is 171 Å². The minimum atomic E-state index is 0. The molecule has 0 saturated carbocycles. The van der Waals surface area contributed by atoms with Crippen molar-refractivity contribution in [3.63, 3.8) is 0 Å². The number of hydrogen-bond donors (Lipinski definition) is 0. The van der Waals surface area contributed by atoms with Gasteiger partial charge < -0.3 is 58.4 Å². The molecule has 3 aliphatic rings. The van der Waals surface area contributed by atoms with Crippen molar-refractivity contribution >= 4 is 48.3 Å². The van der Waals surface area contributed by atoms with Crippen LogP contribution in [0.2, 0.25) is 0 Å². The van der Waals surface area contributed by atoms with Gasteiger partial charge in [0.2, 0.25) is 0 Å². The van der Waals surface area contributed by atoms with Crippen molar-refractivity contribution in [2.24, 2.45) is 0 Å². The largest absolute Gasteiger partial charge is 2.00 e. The monoisotopic (exact) mass is 943 g/mol. The average molecular weight is 944 g/mol. The van der Waals surface area contributed by atoms with Crippen molar-refractivity contribution in [2.45, 2.75) is 193 Å². The summed E-state index contributed by atoms with van der Waals surface area (Å²) in [6, 6.07) is 9.27. The Hall–Kier alpha value is -0.634. The Morgan fingerprint density at radius 2 is 0.438 bits per heavy atom. The smallest absolute Gasteiger partial charge is 0.779 e. The summed E-state index contributed by atoms with van der Waals surface area (Å²) in [6.07, 6.45) is 5.11. The van der Waals surface area contributed by atoms with E-state index in [0.717, 1.165) is 36.2 Å². The van der Waals surface area contributed by atoms with Gasteiger partial charge in [-0.2, -0.15) is 9.79 Å². The molecular weight excluding hydrogens is 849 g/mol. The molecule has 0 radical (unpaired) electrons. The predicted molar refractivity (Wildman–Crippen MR) is 276 cm³/mol. The minimum Gasteiger partial charge on any atom is -0.779 e. The molecule has 0 aliphatic carbocycles. The van der Waals surface area contributed by atoms with Crippen LogP contribution in [0.1, 0.15) is 184 Å². The molecular formula is C54H94MgO7S2. The molecule has 3 aliphatic heterocycles. The molecule has 2 aromatic carbocycles. The van der Waals surface area contributed by atoms with Crippen LogP contribution in [0.15, 0.2) is 34.1 Å². The Morgan fingerprint density at radius 1 is 0.281 bits per heavy atom. The van der Waals surface area contributed by atoms with E-state index in [1.165, 1.54) is 59.1 Å². The molecule has 64 heavy (non-hydrogen) atoms. The molecule has 366 valence electrons. The van der Waals surface area contributed by atoms with E-state index >= 15 is 0 Å². The van der Waals surface area contributed by atoms with Gasteiger partial charge >= 0.3 is 23.1 Å². The van der Waals surface area contributed by atoms with Crippen LogP contribution in [0.25, 0.3) is 0 Å². The summed E-state index contributed by atoms with van der Waals surface area (Å²) in [4.78, 5) is 2.10. The SMILES string of the molecule is C1CCOC1.C1CCOC1.C1COCCOCCOCCOCCO1.CC(C)(C)c1cc(C(C)(C)C)c([S-])c(C(C)(C)C)c1.CC(C)(C)c1cc(C(C)(C)C)c([S-])c(C(C)(C)C)c1.[Mg+2]. The van der Waals surface area contributed by atoms with Crippen LogP contribution in [0.4, 0.5) is 0 Å². The van der Waals surface area contributed by atoms with Crippen molar-refractivity contribution in [1.82, 2.24) is 0 Å². The summed E-state index contributed by atoms with van der Waals surface area (Å²) in [5, 5.41) is 0. The number of ether oxygens (including phenoxy) is 7. The van der Waals surface area contributed by atoms with E-state index in [9.17, 15) is 0 Å². The zero-order valence-electron chi connectivity index (χ0n) is 44.4. The quantitative estimate of drug-likeness (QED) is 0.190.